The lowest BCUT2D eigenvalue weighted by molar-refractivity contribution is 0.158. The summed E-state index contributed by atoms with van der Waals surface area (Å²) in [5.74, 6) is 1.93. The molecule has 128 valence electrons. The highest BCUT2D eigenvalue weighted by molar-refractivity contribution is 5.59. The molecule has 0 spiro atoms. The van der Waals surface area contributed by atoms with Crippen molar-refractivity contribution in [2.24, 2.45) is 0 Å². The van der Waals surface area contributed by atoms with Crippen LogP contribution in [0.3, 0.4) is 0 Å². The summed E-state index contributed by atoms with van der Waals surface area (Å²) in [4.78, 5) is 4.74. The minimum Gasteiger partial charge on any atom is -0.467 e. The standard InChI is InChI=1S/C17H24N6O/c1-13(2)23-11-16(19-20-23)22-9-7-21(8-10-22)12-17-18-14-5-3-4-6-15(14)24-17/h3-6,11,13,17-18H,7-10,12H2,1-2H3. The number of hydrogen-bond donors (Lipinski definition) is 1. The number of ether oxygens (including phenoxy) is 1. The Morgan fingerprint density at radius 1 is 1.21 bits per heavy atom. The Hall–Kier alpha value is -2.28. The molecule has 1 N–H and O–H groups in total. The van der Waals surface area contributed by atoms with Crippen LogP contribution in [0.25, 0.3) is 0 Å². The van der Waals surface area contributed by atoms with E-state index in [2.05, 4.69) is 45.3 Å². The zero-order chi connectivity index (χ0) is 16.5. The van der Waals surface area contributed by atoms with Crippen molar-refractivity contribution in [3.8, 4) is 5.75 Å². The molecule has 2 aliphatic heterocycles. The van der Waals surface area contributed by atoms with Crippen molar-refractivity contribution in [3.05, 3.63) is 30.5 Å². The normalized spacial score (nSPS) is 20.8. The van der Waals surface area contributed by atoms with E-state index in [0.717, 1.165) is 50.0 Å². The van der Waals surface area contributed by atoms with E-state index in [-0.39, 0.29) is 6.23 Å². The van der Waals surface area contributed by atoms with Gasteiger partial charge in [0.25, 0.3) is 0 Å². The van der Waals surface area contributed by atoms with E-state index in [1.54, 1.807) is 0 Å². The van der Waals surface area contributed by atoms with Gasteiger partial charge in [-0.15, -0.1) is 5.10 Å². The number of para-hydroxylation sites is 2. The molecule has 24 heavy (non-hydrogen) atoms. The van der Waals surface area contributed by atoms with Crippen molar-refractivity contribution in [2.45, 2.75) is 26.1 Å². The first-order valence-electron chi connectivity index (χ1n) is 8.60. The van der Waals surface area contributed by atoms with Gasteiger partial charge in [-0.2, -0.15) is 0 Å². The number of aromatic nitrogens is 3. The highest BCUT2D eigenvalue weighted by Crippen LogP contribution is 2.31. The number of benzene rings is 1. The van der Waals surface area contributed by atoms with Crippen LogP contribution in [0.2, 0.25) is 0 Å². The molecule has 1 saturated heterocycles. The molecule has 3 heterocycles. The SMILES string of the molecule is CC(C)n1cc(N2CCN(CC3Nc4ccccc4O3)CC2)nn1. The Morgan fingerprint density at radius 2 is 2.00 bits per heavy atom. The Kier molecular flexibility index (Phi) is 4.02. The molecule has 0 aliphatic carbocycles. The van der Waals surface area contributed by atoms with E-state index in [1.165, 1.54) is 0 Å². The molecule has 0 amide bonds. The van der Waals surface area contributed by atoms with Gasteiger partial charge in [-0.25, -0.2) is 4.68 Å². The highest BCUT2D eigenvalue weighted by atomic mass is 16.5. The first-order valence-corrected chi connectivity index (χ1v) is 8.60. The third-order valence-electron chi connectivity index (χ3n) is 4.62. The van der Waals surface area contributed by atoms with Crippen LogP contribution < -0.4 is 15.0 Å². The predicted molar refractivity (Wildman–Crippen MR) is 93.5 cm³/mol. The second kappa shape index (κ2) is 6.32. The van der Waals surface area contributed by atoms with E-state index >= 15 is 0 Å². The smallest absolute Gasteiger partial charge is 0.182 e. The summed E-state index contributed by atoms with van der Waals surface area (Å²) in [6.07, 6.45) is 2.08. The lowest BCUT2D eigenvalue weighted by Crippen LogP contribution is -2.50. The number of nitrogens with one attached hydrogen (secondary N) is 1. The number of fused-ring (bicyclic) bond motifs is 1. The van der Waals surface area contributed by atoms with Gasteiger partial charge in [-0.3, -0.25) is 4.90 Å². The van der Waals surface area contributed by atoms with Crippen molar-refractivity contribution in [1.29, 1.82) is 0 Å². The molecule has 0 saturated carbocycles. The van der Waals surface area contributed by atoms with Crippen molar-refractivity contribution < 1.29 is 4.74 Å². The van der Waals surface area contributed by atoms with Crippen molar-refractivity contribution in [2.75, 3.05) is 42.9 Å². The number of hydrogen-bond acceptors (Lipinski definition) is 6. The fourth-order valence-corrected chi connectivity index (χ4v) is 3.19. The molecule has 1 aromatic carbocycles. The molecule has 0 bridgehead atoms. The molecule has 7 nitrogen and oxygen atoms in total. The first-order chi connectivity index (χ1) is 11.7. The molecule has 2 aromatic rings. The summed E-state index contributed by atoms with van der Waals surface area (Å²) in [6, 6.07) is 8.45. The molecule has 1 atom stereocenters. The van der Waals surface area contributed by atoms with Gasteiger partial charge in [0.15, 0.2) is 12.0 Å². The topological polar surface area (TPSA) is 58.5 Å². The fourth-order valence-electron chi connectivity index (χ4n) is 3.19. The van der Waals surface area contributed by atoms with Crippen molar-refractivity contribution in [3.63, 3.8) is 0 Å². The van der Waals surface area contributed by atoms with Gasteiger partial charge >= 0.3 is 0 Å². The highest BCUT2D eigenvalue weighted by Gasteiger charge is 2.26. The zero-order valence-electron chi connectivity index (χ0n) is 14.2. The van der Waals surface area contributed by atoms with Gasteiger partial charge in [0.1, 0.15) is 5.75 Å². The second-order valence-electron chi connectivity index (χ2n) is 6.69. The van der Waals surface area contributed by atoms with Crippen molar-refractivity contribution >= 4 is 11.5 Å². The van der Waals surface area contributed by atoms with Crippen LogP contribution in [0.1, 0.15) is 19.9 Å². The van der Waals surface area contributed by atoms with Crippen molar-refractivity contribution in [1.82, 2.24) is 19.9 Å². The average Bonchev–Trinajstić information content (AvgIpc) is 3.22. The molecule has 2 aliphatic rings. The minimum atomic E-state index is 0.0377. The third-order valence-corrected chi connectivity index (χ3v) is 4.62. The van der Waals surface area contributed by atoms with Gasteiger partial charge in [0.05, 0.1) is 18.4 Å². The van der Waals surface area contributed by atoms with Gasteiger partial charge in [0, 0.05) is 32.2 Å². The molecule has 0 radical (unpaired) electrons. The molecule has 7 heteroatoms. The summed E-state index contributed by atoms with van der Waals surface area (Å²) in [5, 5.41) is 11.9. The lowest BCUT2D eigenvalue weighted by Gasteiger charge is -2.35. The Balaban J connectivity index is 1.29. The summed E-state index contributed by atoms with van der Waals surface area (Å²) in [7, 11) is 0. The minimum absolute atomic E-state index is 0.0377. The van der Waals surface area contributed by atoms with E-state index in [0.29, 0.717) is 6.04 Å². The fraction of sp³-hybridized carbons (Fsp3) is 0.529. The Labute approximate surface area is 142 Å². The quantitative estimate of drug-likeness (QED) is 0.924. The predicted octanol–water partition coefficient (Wildman–Crippen LogP) is 1.81. The molecule has 1 fully saturated rings. The van der Waals surface area contributed by atoms with E-state index in [9.17, 15) is 0 Å². The third kappa shape index (κ3) is 3.03. The van der Waals surface area contributed by atoms with Gasteiger partial charge in [-0.1, -0.05) is 17.3 Å². The van der Waals surface area contributed by atoms with E-state index in [1.807, 2.05) is 29.1 Å². The van der Waals surface area contributed by atoms with Crippen LogP contribution >= 0.6 is 0 Å². The van der Waals surface area contributed by atoms with Gasteiger partial charge in [0.2, 0.25) is 0 Å². The van der Waals surface area contributed by atoms with Crippen LogP contribution in [0.4, 0.5) is 11.5 Å². The largest absolute Gasteiger partial charge is 0.467 e. The van der Waals surface area contributed by atoms with Crippen LogP contribution in [0, 0.1) is 0 Å². The van der Waals surface area contributed by atoms with Gasteiger partial charge < -0.3 is 15.0 Å². The average molecular weight is 328 g/mol. The van der Waals surface area contributed by atoms with Gasteiger partial charge in [-0.05, 0) is 26.0 Å². The second-order valence-corrected chi connectivity index (χ2v) is 6.69. The summed E-state index contributed by atoms with van der Waals surface area (Å²) in [5.41, 5.74) is 1.09. The molecule has 4 rings (SSSR count). The summed E-state index contributed by atoms with van der Waals surface area (Å²) < 4.78 is 7.87. The zero-order valence-corrected chi connectivity index (χ0v) is 14.2. The molecular weight excluding hydrogens is 304 g/mol. The monoisotopic (exact) mass is 328 g/mol. The number of nitrogens with zero attached hydrogens (tertiary/aromatic N) is 5. The number of anilines is 2. The summed E-state index contributed by atoms with van der Waals surface area (Å²) in [6.45, 7) is 9.07. The maximum absolute atomic E-state index is 5.96. The number of piperazine rings is 1. The van der Waals surface area contributed by atoms with E-state index < -0.39 is 0 Å². The van der Waals surface area contributed by atoms with Crippen LogP contribution in [-0.2, 0) is 0 Å². The maximum atomic E-state index is 5.96. The van der Waals surface area contributed by atoms with Crippen LogP contribution in [0.15, 0.2) is 30.5 Å². The number of rotatable bonds is 4. The van der Waals surface area contributed by atoms with E-state index in [4.69, 9.17) is 4.74 Å². The molecule has 1 aromatic heterocycles. The lowest BCUT2D eigenvalue weighted by atomic mass is 10.3. The summed E-state index contributed by atoms with van der Waals surface area (Å²) >= 11 is 0. The molecule has 1 unspecified atom stereocenters. The maximum Gasteiger partial charge on any atom is 0.182 e. The molecular formula is C17H24N6O. The first kappa shape index (κ1) is 15.3. The Bertz CT molecular complexity index is 667. The Morgan fingerprint density at radius 3 is 2.71 bits per heavy atom. The van der Waals surface area contributed by atoms with Crippen LogP contribution in [-0.4, -0.2) is 58.8 Å². The van der Waals surface area contributed by atoms with Crippen LogP contribution in [0.5, 0.6) is 5.75 Å².